The molecule has 0 aromatic heterocycles. The first kappa shape index (κ1) is 2.86. The van der Waals surface area contributed by atoms with Gasteiger partial charge in [0.1, 0.15) is 0 Å². The molecule has 0 atom stereocenters. The predicted octanol–water partition coefficient (Wildman–Crippen LogP) is 0.0996. The van der Waals surface area contributed by atoms with E-state index in [-0.39, 0.29) is 0 Å². The molecule has 108 valence electrons. The van der Waals surface area contributed by atoms with Gasteiger partial charge < -0.3 is 28.4 Å². The third-order valence-electron chi connectivity index (χ3n) is 0.862. The Morgan fingerprint density at radius 1 is 0.333 bits per heavy atom. The van der Waals surface area contributed by atoms with E-state index >= 15 is 0 Å². The number of hydrogen-bond acceptors (Lipinski definition) is 6. The summed E-state index contributed by atoms with van der Waals surface area (Å²) in [5.41, 5.74) is 0. The van der Waals surface area contributed by atoms with Crippen LogP contribution in [-0.2, 0) is 28.4 Å². The van der Waals surface area contributed by atoms with Crippen molar-refractivity contribution in [2.75, 3.05) is 78.7 Å². The lowest BCUT2D eigenvalue weighted by Gasteiger charge is -2.09. The standard InChI is InChI=1S/C12H24O6/c1-2-14-5-6-16-9-10-18-12-11-17-8-7-15-4-3-13-1/h1-12H2/i1D2,2D2,3D2,4D2,5D2,6D2,7D2,8D2,9D2,10D2,11D2,12D2. The second-order valence-corrected chi connectivity index (χ2v) is 1.84. The Kier molecular flexibility index (Phi) is 2.10. The minimum atomic E-state index is -4.38. The van der Waals surface area contributed by atoms with Gasteiger partial charge in [-0.05, 0) is 0 Å². The minimum absolute atomic E-state index is 4.09. The normalized spacial score (nSPS) is 77.3. The molecule has 1 fully saturated rings. The summed E-state index contributed by atoms with van der Waals surface area (Å²) >= 11 is 0. The fourth-order valence-electron chi connectivity index (χ4n) is 0.403. The zero-order chi connectivity index (χ0) is 34.2. The smallest absolute Gasteiger partial charge is 0.0701 e. The van der Waals surface area contributed by atoms with Crippen molar-refractivity contribution in [3.63, 3.8) is 0 Å². The van der Waals surface area contributed by atoms with Crippen molar-refractivity contribution in [1.29, 1.82) is 0 Å². The first-order valence-electron chi connectivity index (χ1n) is 15.9. The molecule has 1 saturated heterocycles. The summed E-state index contributed by atoms with van der Waals surface area (Å²) in [6.07, 6.45) is 0. The van der Waals surface area contributed by atoms with Crippen molar-refractivity contribution in [1.82, 2.24) is 0 Å². The van der Waals surface area contributed by atoms with Crippen LogP contribution in [0.2, 0.25) is 0 Å². The molecular weight excluding hydrogens is 240 g/mol. The van der Waals surface area contributed by atoms with Crippen LogP contribution in [0.4, 0.5) is 0 Å². The van der Waals surface area contributed by atoms with Crippen LogP contribution in [0, 0.1) is 0 Å². The number of ether oxygens (including phenoxy) is 6. The molecule has 1 aliphatic heterocycles. The van der Waals surface area contributed by atoms with Gasteiger partial charge in [0.2, 0.25) is 0 Å². The highest BCUT2D eigenvalue weighted by Gasteiger charge is 1.95. The molecule has 6 nitrogen and oxygen atoms in total. The van der Waals surface area contributed by atoms with Crippen LogP contribution in [-0.4, -0.2) is 78.7 Å². The Labute approximate surface area is 142 Å². The first-order valence-corrected chi connectivity index (χ1v) is 3.95. The summed E-state index contributed by atoms with van der Waals surface area (Å²) in [6.45, 7) is -52.6. The van der Waals surface area contributed by atoms with Crippen molar-refractivity contribution in [2.24, 2.45) is 0 Å². The van der Waals surface area contributed by atoms with Gasteiger partial charge >= 0.3 is 0 Å². The third-order valence-corrected chi connectivity index (χ3v) is 0.862. The van der Waals surface area contributed by atoms with E-state index in [0.717, 1.165) is 0 Å². The van der Waals surface area contributed by atoms with Crippen LogP contribution < -0.4 is 0 Å². The van der Waals surface area contributed by atoms with Gasteiger partial charge in [0.15, 0.2) is 0 Å². The summed E-state index contributed by atoms with van der Waals surface area (Å²) in [7, 11) is 0. The van der Waals surface area contributed by atoms with Gasteiger partial charge in [-0.25, -0.2) is 0 Å². The van der Waals surface area contributed by atoms with Crippen molar-refractivity contribution < 1.29 is 61.3 Å². The van der Waals surface area contributed by atoms with Crippen LogP contribution in [0.1, 0.15) is 32.9 Å². The van der Waals surface area contributed by atoms with Gasteiger partial charge in [0.05, 0.1) is 112 Å². The molecule has 0 saturated carbocycles. The zero-order valence-corrected chi connectivity index (χ0v) is 8.45. The maximum Gasteiger partial charge on any atom is 0.0701 e. The SMILES string of the molecule is [2H]C1([2H])OC([2H])([2H])C([2H])([2H])OC([2H])([2H])C([2H])([2H])OC([2H])([2H])C([2H])([2H])OC([2H])([2H])C([2H])([2H])OC([2H])([2H])C([2H])([2H])OC1([2H])[2H]. The molecule has 0 aliphatic carbocycles. The van der Waals surface area contributed by atoms with Crippen molar-refractivity contribution in [3.05, 3.63) is 0 Å². The molecule has 0 aromatic carbocycles. The van der Waals surface area contributed by atoms with Crippen LogP contribution >= 0.6 is 0 Å². The maximum atomic E-state index is 7.67. The fourth-order valence-corrected chi connectivity index (χ4v) is 0.403. The Balaban J connectivity index is 3.95. The van der Waals surface area contributed by atoms with Crippen LogP contribution in [0.15, 0.2) is 0 Å². The van der Waals surface area contributed by atoms with Gasteiger partial charge in [-0.15, -0.1) is 0 Å². The molecule has 0 spiro atoms. The van der Waals surface area contributed by atoms with E-state index in [2.05, 4.69) is 28.4 Å². The Morgan fingerprint density at radius 2 is 0.444 bits per heavy atom. The van der Waals surface area contributed by atoms with Crippen molar-refractivity contribution >= 4 is 0 Å². The van der Waals surface area contributed by atoms with Crippen molar-refractivity contribution in [2.45, 2.75) is 0 Å². The van der Waals surface area contributed by atoms with Gasteiger partial charge in [-0.3, -0.25) is 0 Å². The monoisotopic (exact) mass is 288 g/mol. The lowest BCUT2D eigenvalue weighted by molar-refractivity contribution is -0.0334. The Bertz CT molecular complexity index is 717. The topological polar surface area (TPSA) is 55.4 Å². The molecule has 0 unspecified atom stereocenters. The summed E-state index contributed by atoms with van der Waals surface area (Å²) in [5.74, 6) is 0. The van der Waals surface area contributed by atoms with E-state index in [9.17, 15) is 0 Å². The molecule has 18 heavy (non-hydrogen) atoms. The first-order chi connectivity index (χ1) is 17.7. The summed E-state index contributed by atoms with van der Waals surface area (Å²) < 4.78 is 209. The molecule has 0 radical (unpaired) electrons. The Morgan fingerprint density at radius 3 is 0.556 bits per heavy atom. The predicted molar refractivity (Wildman–Crippen MR) is 64.9 cm³/mol. The highest BCUT2D eigenvalue weighted by molar-refractivity contribution is 4.38. The summed E-state index contributed by atoms with van der Waals surface area (Å²) in [6, 6.07) is 0. The van der Waals surface area contributed by atoms with Gasteiger partial charge in [0.25, 0.3) is 0 Å². The van der Waals surface area contributed by atoms with Crippen LogP contribution in [0.3, 0.4) is 0 Å². The molecular formula is C12H24O6. The van der Waals surface area contributed by atoms with Gasteiger partial charge in [0, 0.05) is 0 Å². The zero-order valence-electron chi connectivity index (χ0n) is 32.4. The summed E-state index contributed by atoms with van der Waals surface area (Å²) in [5, 5.41) is 0. The second kappa shape index (κ2) is 13.2. The maximum absolute atomic E-state index is 7.67. The lowest BCUT2D eigenvalue weighted by Crippen LogP contribution is -2.16. The van der Waals surface area contributed by atoms with E-state index in [1.54, 1.807) is 0 Å². The Hall–Kier alpha value is -0.240. The average molecular weight is 288 g/mol. The largest absolute Gasteiger partial charge is 0.377 e. The van der Waals surface area contributed by atoms with Crippen molar-refractivity contribution in [3.8, 4) is 0 Å². The quantitative estimate of drug-likeness (QED) is 0.630. The summed E-state index contributed by atoms with van der Waals surface area (Å²) in [4.78, 5) is 0. The highest BCUT2D eigenvalue weighted by Crippen LogP contribution is 1.86. The van der Waals surface area contributed by atoms with Crippen LogP contribution in [0.25, 0.3) is 0 Å². The average Bonchev–Trinajstić information content (AvgIpc) is 2.61. The molecule has 0 bridgehead atoms. The highest BCUT2D eigenvalue weighted by atomic mass is 16.6. The van der Waals surface area contributed by atoms with E-state index in [4.69, 9.17) is 32.9 Å². The molecule has 1 aliphatic rings. The van der Waals surface area contributed by atoms with E-state index in [0.29, 0.717) is 0 Å². The molecule has 1 heterocycles. The lowest BCUT2D eigenvalue weighted by atomic mass is 10.6. The van der Waals surface area contributed by atoms with Crippen LogP contribution in [0.5, 0.6) is 0 Å². The molecule has 0 aromatic rings. The van der Waals surface area contributed by atoms with Gasteiger partial charge in [-0.1, -0.05) is 0 Å². The van der Waals surface area contributed by atoms with E-state index in [1.165, 1.54) is 0 Å². The van der Waals surface area contributed by atoms with E-state index < -0.39 is 78.7 Å². The molecule has 6 heteroatoms. The molecule has 0 amide bonds. The molecule has 0 N–H and O–H groups in total. The van der Waals surface area contributed by atoms with Gasteiger partial charge in [-0.2, -0.15) is 0 Å². The second-order valence-electron chi connectivity index (χ2n) is 1.84. The van der Waals surface area contributed by atoms with E-state index in [1.807, 2.05) is 0 Å². The fraction of sp³-hybridized carbons (Fsp3) is 1.00. The number of hydrogen-bond donors (Lipinski definition) is 0. The molecule has 1 rings (SSSR count). The minimum Gasteiger partial charge on any atom is -0.377 e. The third kappa shape index (κ3) is 10.9. The number of rotatable bonds is 0.